The summed E-state index contributed by atoms with van der Waals surface area (Å²) in [5.74, 6) is -0.927. The maximum absolute atomic E-state index is 10.1. The van der Waals surface area contributed by atoms with Crippen LogP contribution >= 0.6 is 0 Å². The molecule has 0 aliphatic heterocycles. The van der Waals surface area contributed by atoms with Crippen molar-refractivity contribution >= 4 is 5.97 Å². The van der Waals surface area contributed by atoms with Gasteiger partial charge in [-0.1, -0.05) is 6.58 Å². The summed E-state index contributed by atoms with van der Waals surface area (Å²) in [7, 11) is 3.60. The summed E-state index contributed by atoms with van der Waals surface area (Å²) in [5.41, 5.74) is 0.222. The van der Waals surface area contributed by atoms with Crippen molar-refractivity contribution in [1.82, 2.24) is 4.90 Å². The van der Waals surface area contributed by atoms with Crippen LogP contribution in [0, 0.1) is 0 Å². The Morgan fingerprint density at radius 2 is 2.11 bits per heavy atom. The van der Waals surface area contributed by atoms with Gasteiger partial charge in [0.2, 0.25) is 0 Å². The van der Waals surface area contributed by atoms with Gasteiger partial charge in [-0.25, -0.2) is 4.79 Å². The quantitative estimate of drug-likeness (QED) is 0.553. The number of rotatable bonds is 3. The lowest BCUT2D eigenvalue weighted by Gasteiger charge is -2.07. The Hall–Kier alpha value is -0.830. The smallest absolute Gasteiger partial charge is 0.332 e. The summed E-state index contributed by atoms with van der Waals surface area (Å²) in [6.07, 6.45) is 0. The van der Waals surface area contributed by atoms with Crippen LogP contribution in [0.15, 0.2) is 12.2 Å². The number of carbonyl (C=O) groups is 1. The first kappa shape index (κ1) is 8.17. The van der Waals surface area contributed by atoms with Gasteiger partial charge in [0.15, 0.2) is 0 Å². The molecule has 0 aromatic rings. The minimum Gasteiger partial charge on any atom is -0.478 e. The Morgan fingerprint density at radius 3 is 2.22 bits per heavy atom. The van der Waals surface area contributed by atoms with E-state index in [1.807, 2.05) is 0 Å². The van der Waals surface area contributed by atoms with E-state index in [2.05, 4.69) is 6.58 Å². The molecule has 0 heterocycles. The molecular formula is C6H11NO2. The van der Waals surface area contributed by atoms with Crippen molar-refractivity contribution < 1.29 is 9.90 Å². The van der Waals surface area contributed by atoms with Crippen LogP contribution in [0.2, 0.25) is 0 Å². The average molecular weight is 129 g/mol. The highest BCUT2D eigenvalue weighted by molar-refractivity contribution is 5.86. The van der Waals surface area contributed by atoms with Crippen molar-refractivity contribution in [3.8, 4) is 0 Å². The van der Waals surface area contributed by atoms with E-state index in [1.165, 1.54) is 0 Å². The van der Waals surface area contributed by atoms with E-state index >= 15 is 0 Å². The number of likely N-dealkylation sites (N-methyl/N-ethyl adjacent to an activating group) is 1. The summed E-state index contributed by atoms with van der Waals surface area (Å²) < 4.78 is 0. The molecule has 0 aliphatic carbocycles. The molecule has 0 amide bonds. The topological polar surface area (TPSA) is 40.5 Å². The zero-order valence-electron chi connectivity index (χ0n) is 5.72. The van der Waals surface area contributed by atoms with Gasteiger partial charge in [0.25, 0.3) is 0 Å². The van der Waals surface area contributed by atoms with E-state index in [0.717, 1.165) is 0 Å². The molecule has 1 N–H and O–H groups in total. The van der Waals surface area contributed by atoms with E-state index in [1.54, 1.807) is 19.0 Å². The summed E-state index contributed by atoms with van der Waals surface area (Å²) in [6, 6.07) is 0. The van der Waals surface area contributed by atoms with Crippen LogP contribution in [-0.2, 0) is 4.79 Å². The number of nitrogens with zero attached hydrogens (tertiary/aromatic N) is 1. The van der Waals surface area contributed by atoms with Crippen molar-refractivity contribution in [3.05, 3.63) is 12.2 Å². The van der Waals surface area contributed by atoms with Crippen molar-refractivity contribution in [3.63, 3.8) is 0 Å². The fourth-order valence-corrected chi connectivity index (χ4v) is 0.449. The summed E-state index contributed by atoms with van der Waals surface area (Å²) in [6.45, 7) is 3.77. The largest absolute Gasteiger partial charge is 0.478 e. The molecule has 0 bridgehead atoms. The first-order valence-corrected chi connectivity index (χ1v) is 2.60. The van der Waals surface area contributed by atoms with Crippen molar-refractivity contribution in [2.45, 2.75) is 0 Å². The summed E-state index contributed by atoms with van der Waals surface area (Å²) in [4.78, 5) is 11.9. The maximum atomic E-state index is 10.1. The van der Waals surface area contributed by atoms with Crippen LogP contribution in [0.1, 0.15) is 0 Å². The normalized spacial score (nSPS) is 9.67. The first-order chi connectivity index (χ1) is 4.04. The van der Waals surface area contributed by atoms with E-state index in [9.17, 15) is 4.79 Å². The van der Waals surface area contributed by atoms with Gasteiger partial charge in [0.05, 0.1) is 0 Å². The molecule has 3 heteroatoms. The second kappa shape index (κ2) is 3.25. The van der Waals surface area contributed by atoms with Crippen LogP contribution in [0.4, 0.5) is 0 Å². The molecule has 0 unspecified atom stereocenters. The van der Waals surface area contributed by atoms with Crippen LogP contribution in [-0.4, -0.2) is 36.6 Å². The first-order valence-electron chi connectivity index (χ1n) is 2.60. The zero-order valence-corrected chi connectivity index (χ0v) is 5.72. The molecule has 0 aliphatic rings. The maximum Gasteiger partial charge on any atom is 0.332 e. The third-order valence-electron chi connectivity index (χ3n) is 0.810. The minimum atomic E-state index is -0.927. The van der Waals surface area contributed by atoms with Crippen LogP contribution in [0.3, 0.4) is 0 Å². The van der Waals surface area contributed by atoms with Crippen molar-refractivity contribution in [1.29, 1.82) is 0 Å². The highest BCUT2D eigenvalue weighted by atomic mass is 16.4. The molecule has 0 atom stereocenters. The van der Waals surface area contributed by atoms with Crippen LogP contribution in [0.25, 0.3) is 0 Å². The van der Waals surface area contributed by atoms with Crippen LogP contribution in [0.5, 0.6) is 0 Å². The Bertz CT molecular complexity index is 129. The monoisotopic (exact) mass is 129 g/mol. The van der Waals surface area contributed by atoms with E-state index < -0.39 is 5.97 Å². The Balaban J connectivity index is 3.65. The fourth-order valence-electron chi connectivity index (χ4n) is 0.449. The molecule has 0 fully saturated rings. The highest BCUT2D eigenvalue weighted by Gasteiger charge is 2.02. The predicted octanol–water partition coefficient (Wildman–Crippen LogP) is 0.189. The number of hydrogen-bond donors (Lipinski definition) is 1. The van der Waals surface area contributed by atoms with Gasteiger partial charge in [-0.3, -0.25) is 0 Å². The molecule has 0 aromatic heterocycles. The van der Waals surface area contributed by atoms with Gasteiger partial charge in [-0.2, -0.15) is 0 Å². The van der Waals surface area contributed by atoms with Gasteiger partial charge < -0.3 is 10.0 Å². The molecule has 3 nitrogen and oxygen atoms in total. The molecule has 0 spiro atoms. The molecular weight excluding hydrogens is 118 g/mol. The zero-order chi connectivity index (χ0) is 7.44. The third kappa shape index (κ3) is 3.73. The second-order valence-corrected chi connectivity index (χ2v) is 2.15. The van der Waals surface area contributed by atoms with Gasteiger partial charge >= 0.3 is 5.97 Å². The summed E-state index contributed by atoms with van der Waals surface area (Å²) in [5, 5.41) is 8.30. The molecule has 9 heavy (non-hydrogen) atoms. The van der Waals surface area contributed by atoms with Gasteiger partial charge in [-0.15, -0.1) is 0 Å². The Morgan fingerprint density at radius 1 is 1.67 bits per heavy atom. The Labute approximate surface area is 54.6 Å². The van der Waals surface area contributed by atoms with Gasteiger partial charge in [0, 0.05) is 12.1 Å². The lowest BCUT2D eigenvalue weighted by Crippen LogP contribution is -2.18. The molecule has 0 rings (SSSR count). The fraction of sp³-hybridized carbons (Fsp3) is 0.500. The second-order valence-electron chi connectivity index (χ2n) is 2.15. The van der Waals surface area contributed by atoms with E-state index in [-0.39, 0.29) is 5.57 Å². The standard InChI is InChI=1S/C6H11NO2/c1-5(6(8)9)4-7(2)3/h1,4H2,2-3H3,(H,8,9). The molecule has 0 radical (unpaired) electrons. The molecule has 0 saturated carbocycles. The SMILES string of the molecule is C=C(CN(C)C)C(=O)O. The van der Waals surface area contributed by atoms with E-state index in [0.29, 0.717) is 6.54 Å². The average Bonchev–Trinajstić information content (AvgIpc) is 1.63. The van der Waals surface area contributed by atoms with Crippen molar-refractivity contribution in [2.24, 2.45) is 0 Å². The number of aliphatic carboxylic acids is 1. The van der Waals surface area contributed by atoms with Gasteiger partial charge in [-0.05, 0) is 14.1 Å². The number of hydrogen-bond acceptors (Lipinski definition) is 2. The minimum absolute atomic E-state index is 0.222. The molecule has 52 valence electrons. The lowest BCUT2D eigenvalue weighted by molar-refractivity contribution is -0.132. The van der Waals surface area contributed by atoms with Crippen LogP contribution < -0.4 is 0 Å². The van der Waals surface area contributed by atoms with E-state index in [4.69, 9.17) is 5.11 Å². The summed E-state index contributed by atoms with van der Waals surface area (Å²) >= 11 is 0. The number of carboxylic acid groups (broad SMARTS) is 1. The van der Waals surface area contributed by atoms with Crippen molar-refractivity contribution in [2.75, 3.05) is 20.6 Å². The Kier molecular flexibility index (Phi) is 2.95. The predicted molar refractivity (Wildman–Crippen MR) is 35.3 cm³/mol. The molecule has 0 aromatic carbocycles. The third-order valence-corrected chi connectivity index (χ3v) is 0.810. The number of carboxylic acids is 1. The lowest BCUT2D eigenvalue weighted by atomic mass is 10.3. The van der Waals surface area contributed by atoms with Gasteiger partial charge in [0.1, 0.15) is 0 Å². The molecule has 0 saturated heterocycles. The highest BCUT2D eigenvalue weighted by Crippen LogP contribution is 1.90.